The van der Waals surface area contributed by atoms with Gasteiger partial charge in [0.15, 0.2) is 0 Å². The van der Waals surface area contributed by atoms with Crippen molar-refractivity contribution in [2.24, 2.45) is 5.41 Å². The number of nitro groups is 1. The van der Waals surface area contributed by atoms with E-state index in [1.165, 1.54) is 6.07 Å². The van der Waals surface area contributed by atoms with Crippen molar-refractivity contribution in [3.63, 3.8) is 0 Å². The maximum atomic E-state index is 10.9. The van der Waals surface area contributed by atoms with Crippen LogP contribution in [0.4, 0.5) is 5.69 Å². The Morgan fingerprint density at radius 1 is 1.47 bits per heavy atom. The van der Waals surface area contributed by atoms with Crippen LogP contribution in [0.3, 0.4) is 0 Å². The quantitative estimate of drug-likeness (QED) is 0.596. The van der Waals surface area contributed by atoms with Crippen LogP contribution in [0.5, 0.6) is 0 Å². The summed E-state index contributed by atoms with van der Waals surface area (Å²) in [5, 5.41) is 23.6. The van der Waals surface area contributed by atoms with Gasteiger partial charge in [-0.1, -0.05) is 17.7 Å². The minimum absolute atomic E-state index is 0.0482. The van der Waals surface area contributed by atoms with Crippen LogP contribution in [0, 0.1) is 15.5 Å². The summed E-state index contributed by atoms with van der Waals surface area (Å²) in [6.07, 6.45) is 2.99. The van der Waals surface area contributed by atoms with E-state index < -0.39 is 4.92 Å². The van der Waals surface area contributed by atoms with Crippen LogP contribution in [-0.4, -0.2) is 23.2 Å². The summed E-state index contributed by atoms with van der Waals surface area (Å²) in [4.78, 5) is 10.5. The molecule has 0 radical (unpaired) electrons. The number of nitro benzene ring substituents is 1. The molecule has 6 heteroatoms. The van der Waals surface area contributed by atoms with Crippen LogP contribution in [0.15, 0.2) is 18.2 Å². The Hall–Kier alpha value is -1.17. The Morgan fingerprint density at radius 3 is 2.79 bits per heavy atom. The highest BCUT2D eigenvalue weighted by Gasteiger charge is 2.41. The zero-order valence-electron chi connectivity index (χ0n) is 10.6. The summed E-state index contributed by atoms with van der Waals surface area (Å²) in [6, 6.07) is 4.70. The molecule has 2 rings (SSSR count). The molecule has 0 amide bonds. The number of rotatable bonds is 7. The Labute approximate surface area is 116 Å². The summed E-state index contributed by atoms with van der Waals surface area (Å²) < 4.78 is 0. The smallest absolute Gasteiger partial charge is 0.275 e. The predicted molar refractivity (Wildman–Crippen MR) is 73.2 cm³/mol. The number of aliphatic hydroxyl groups is 1. The number of hydrogen-bond donors (Lipinski definition) is 2. The van der Waals surface area contributed by atoms with E-state index in [9.17, 15) is 10.1 Å². The average molecular weight is 285 g/mol. The minimum Gasteiger partial charge on any atom is -0.396 e. The van der Waals surface area contributed by atoms with E-state index in [-0.39, 0.29) is 17.7 Å². The fourth-order valence-corrected chi connectivity index (χ4v) is 2.51. The molecule has 104 valence electrons. The zero-order chi connectivity index (χ0) is 13.9. The SMILES string of the molecule is O=[N+]([O-])c1cccc(Cl)c1CNCC1(CCO)CC1. The van der Waals surface area contributed by atoms with Gasteiger partial charge in [-0.3, -0.25) is 10.1 Å². The van der Waals surface area contributed by atoms with E-state index in [0.29, 0.717) is 17.1 Å². The maximum Gasteiger partial charge on any atom is 0.275 e. The first-order valence-electron chi connectivity index (χ1n) is 6.31. The molecule has 1 aromatic carbocycles. The second kappa shape index (κ2) is 5.86. The summed E-state index contributed by atoms with van der Waals surface area (Å²) in [6.45, 7) is 1.33. The van der Waals surface area contributed by atoms with Gasteiger partial charge in [0.1, 0.15) is 0 Å². The van der Waals surface area contributed by atoms with Gasteiger partial charge in [-0.15, -0.1) is 0 Å². The third kappa shape index (κ3) is 3.43. The standard InChI is InChI=1S/C13H17ClN2O3/c14-11-2-1-3-12(16(18)19)10(11)8-15-9-13(4-5-13)6-7-17/h1-3,15,17H,4-9H2. The summed E-state index contributed by atoms with van der Waals surface area (Å²) >= 11 is 6.02. The zero-order valence-corrected chi connectivity index (χ0v) is 11.3. The van der Waals surface area contributed by atoms with E-state index in [1.54, 1.807) is 12.1 Å². The van der Waals surface area contributed by atoms with Gasteiger partial charge in [0.25, 0.3) is 5.69 Å². The first-order chi connectivity index (χ1) is 9.08. The third-order valence-electron chi connectivity index (χ3n) is 3.69. The normalized spacial score (nSPS) is 16.3. The van der Waals surface area contributed by atoms with E-state index in [4.69, 9.17) is 16.7 Å². The van der Waals surface area contributed by atoms with Gasteiger partial charge in [-0.2, -0.15) is 0 Å². The largest absolute Gasteiger partial charge is 0.396 e. The monoisotopic (exact) mass is 284 g/mol. The van der Waals surface area contributed by atoms with E-state index in [0.717, 1.165) is 25.8 Å². The molecule has 0 saturated heterocycles. The molecule has 0 unspecified atom stereocenters. The first kappa shape index (κ1) is 14.2. The van der Waals surface area contributed by atoms with E-state index in [2.05, 4.69) is 5.32 Å². The second-order valence-electron chi connectivity index (χ2n) is 5.07. The molecule has 5 nitrogen and oxygen atoms in total. The molecule has 1 saturated carbocycles. The van der Waals surface area contributed by atoms with Gasteiger partial charge in [0.2, 0.25) is 0 Å². The lowest BCUT2D eigenvalue weighted by Crippen LogP contribution is -2.24. The van der Waals surface area contributed by atoms with Gasteiger partial charge in [-0.25, -0.2) is 0 Å². The van der Waals surface area contributed by atoms with Gasteiger partial charge in [-0.05, 0) is 30.7 Å². The molecule has 0 atom stereocenters. The van der Waals surface area contributed by atoms with Gasteiger partial charge >= 0.3 is 0 Å². The number of benzene rings is 1. The van der Waals surface area contributed by atoms with Crippen LogP contribution in [0.1, 0.15) is 24.8 Å². The van der Waals surface area contributed by atoms with Crippen molar-refractivity contribution in [3.05, 3.63) is 38.9 Å². The highest BCUT2D eigenvalue weighted by Crippen LogP contribution is 2.48. The van der Waals surface area contributed by atoms with Crippen molar-refractivity contribution in [1.82, 2.24) is 5.32 Å². The van der Waals surface area contributed by atoms with Crippen LogP contribution in [0.2, 0.25) is 5.02 Å². The first-order valence-corrected chi connectivity index (χ1v) is 6.69. The van der Waals surface area contributed by atoms with Crippen LogP contribution < -0.4 is 5.32 Å². The summed E-state index contributed by atoms with van der Waals surface area (Å²) in [5.74, 6) is 0. The lowest BCUT2D eigenvalue weighted by molar-refractivity contribution is -0.385. The van der Waals surface area contributed by atoms with Gasteiger partial charge in [0, 0.05) is 25.8 Å². The van der Waals surface area contributed by atoms with Crippen LogP contribution in [-0.2, 0) is 6.54 Å². The molecule has 0 heterocycles. The highest BCUT2D eigenvalue weighted by molar-refractivity contribution is 6.31. The number of halogens is 1. The number of aliphatic hydroxyl groups excluding tert-OH is 1. The molecular weight excluding hydrogens is 268 g/mol. The van der Waals surface area contributed by atoms with E-state index >= 15 is 0 Å². The fourth-order valence-electron chi connectivity index (χ4n) is 2.28. The molecule has 19 heavy (non-hydrogen) atoms. The third-order valence-corrected chi connectivity index (χ3v) is 4.05. The Kier molecular flexibility index (Phi) is 4.39. The van der Waals surface area contributed by atoms with Gasteiger partial charge < -0.3 is 10.4 Å². The lowest BCUT2D eigenvalue weighted by atomic mass is 10.0. The highest BCUT2D eigenvalue weighted by atomic mass is 35.5. The molecule has 0 aromatic heterocycles. The Morgan fingerprint density at radius 2 is 2.21 bits per heavy atom. The number of nitrogens with zero attached hydrogens (tertiary/aromatic N) is 1. The Balaban J connectivity index is 1.98. The van der Waals surface area contributed by atoms with Crippen molar-refractivity contribution < 1.29 is 10.0 Å². The van der Waals surface area contributed by atoms with Crippen molar-refractivity contribution in [1.29, 1.82) is 0 Å². The van der Waals surface area contributed by atoms with Crippen molar-refractivity contribution in [2.45, 2.75) is 25.8 Å². The van der Waals surface area contributed by atoms with E-state index in [1.807, 2.05) is 0 Å². The molecule has 2 N–H and O–H groups in total. The molecule has 1 fully saturated rings. The molecule has 1 aliphatic carbocycles. The molecule has 0 bridgehead atoms. The fraction of sp³-hybridized carbons (Fsp3) is 0.538. The van der Waals surface area contributed by atoms with Crippen LogP contribution in [0.25, 0.3) is 0 Å². The molecule has 1 aromatic rings. The summed E-state index contributed by atoms with van der Waals surface area (Å²) in [5.41, 5.74) is 0.756. The maximum absolute atomic E-state index is 10.9. The number of hydrogen-bond acceptors (Lipinski definition) is 4. The molecule has 1 aliphatic rings. The molecular formula is C13H17ClN2O3. The molecule has 0 aliphatic heterocycles. The summed E-state index contributed by atoms with van der Waals surface area (Å²) in [7, 11) is 0. The molecule has 0 spiro atoms. The van der Waals surface area contributed by atoms with Crippen molar-refractivity contribution >= 4 is 17.3 Å². The second-order valence-corrected chi connectivity index (χ2v) is 5.48. The van der Waals surface area contributed by atoms with Crippen LogP contribution >= 0.6 is 11.6 Å². The predicted octanol–water partition coefficient (Wildman–Crippen LogP) is 2.50. The number of nitrogens with one attached hydrogen (secondary N) is 1. The van der Waals surface area contributed by atoms with Crippen molar-refractivity contribution in [2.75, 3.05) is 13.2 Å². The topological polar surface area (TPSA) is 75.4 Å². The lowest BCUT2D eigenvalue weighted by Gasteiger charge is -2.15. The minimum atomic E-state index is -0.413. The average Bonchev–Trinajstić information content (AvgIpc) is 3.11. The van der Waals surface area contributed by atoms with Crippen molar-refractivity contribution in [3.8, 4) is 0 Å². The van der Waals surface area contributed by atoms with Gasteiger partial charge in [0.05, 0.1) is 15.5 Å². The Bertz CT molecular complexity index is 475.